The first kappa shape index (κ1) is 11.2. The normalized spacial score (nSPS) is 9.94. The van der Waals surface area contributed by atoms with Crippen molar-refractivity contribution in [2.24, 2.45) is 0 Å². The molecule has 2 N–H and O–H groups in total. The summed E-state index contributed by atoms with van der Waals surface area (Å²) < 4.78 is 4.96. The van der Waals surface area contributed by atoms with Crippen molar-refractivity contribution in [1.29, 1.82) is 0 Å². The smallest absolute Gasteiger partial charge is 0.160 e. The minimum Gasteiger partial charge on any atom is -0.504 e. The Balaban J connectivity index is 2.02. The third-order valence-corrected chi connectivity index (χ3v) is 2.30. The third kappa shape index (κ3) is 2.84. The molecule has 0 spiro atoms. The summed E-state index contributed by atoms with van der Waals surface area (Å²) in [6, 6.07) is 6.98. The summed E-state index contributed by atoms with van der Waals surface area (Å²) in [4.78, 5) is 7.93. The standard InChI is InChI=1S/C12H13N3O2/c1-17-12-3-2-9(6-11(12)16)14-7-10-4-5-13-8-15-10/h2-6,8,14,16H,7H2,1H3. The highest BCUT2D eigenvalue weighted by atomic mass is 16.5. The molecule has 0 atom stereocenters. The van der Waals surface area contributed by atoms with Gasteiger partial charge in [0.25, 0.3) is 0 Å². The molecule has 0 aliphatic carbocycles. The van der Waals surface area contributed by atoms with Gasteiger partial charge in [-0.05, 0) is 18.2 Å². The van der Waals surface area contributed by atoms with E-state index in [2.05, 4.69) is 15.3 Å². The molecule has 0 aliphatic heterocycles. The van der Waals surface area contributed by atoms with Crippen molar-refractivity contribution in [3.63, 3.8) is 0 Å². The van der Waals surface area contributed by atoms with Crippen LogP contribution in [0.25, 0.3) is 0 Å². The summed E-state index contributed by atoms with van der Waals surface area (Å²) >= 11 is 0. The lowest BCUT2D eigenvalue weighted by molar-refractivity contribution is 0.373. The van der Waals surface area contributed by atoms with E-state index in [0.29, 0.717) is 12.3 Å². The topological polar surface area (TPSA) is 67.3 Å². The summed E-state index contributed by atoms with van der Waals surface area (Å²) in [6.45, 7) is 0.578. The van der Waals surface area contributed by atoms with Gasteiger partial charge in [-0.2, -0.15) is 0 Å². The largest absolute Gasteiger partial charge is 0.504 e. The molecule has 0 unspecified atom stereocenters. The maximum absolute atomic E-state index is 9.60. The van der Waals surface area contributed by atoms with Crippen LogP contribution in [0.4, 0.5) is 5.69 Å². The minimum absolute atomic E-state index is 0.111. The van der Waals surface area contributed by atoms with Crippen LogP contribution in [-0.2, 0) is 6.54 Å². The van der Waals surface area contributed by atoms with Crippen LogP contribution in [-0.4, -0.2) is 22.2 Å². The number of ether oxygens (including phenoxy) is 1. The van der Waals surface area contributed by atoms with Crippen LogP contribution >= 0.6 is 0 Å². The van der Waals surface area contributed by atoms with Crippen molar-refractivity contribution in [2.45, 2.75) is 6.54 Å². The zero-order chi connectivity index (χ0) is 12.1. The second-order valence-corrected chi connectivity index (χ2v) is 3.44. The molecule has 5 heteroatoms. The van der Waals surface area contributed by atoms with Gasteiger partial charge in [0.1, 0.15) is 6.33 Å². The molecule has 88 valence electrons. The van der Waals surface area contributed by atoms with E-state index in [1.54, 1.807) is 18.3 Å². The minimum atomic E-state index is 0.111. The van der Waals surface area contributed by atoms with Crippen molar-refractivity contribution in [1.82, 2.24) is 9.97 Å². The molecule has 17 heavy (non-hydrogen) atoms. The molecule has 1 heterocycles. The Morgan fingerprint density at radius 1 is 1.35 bits per heavy atom. The number of aromatic hydroxyl groups is 1. The lowest BCUT2D eigenvalue weighted by Gasteiger charge is -2.08. The van der Waals surface area contributed by atoms with Crippen molar-refractivity contribution in [3.8, 4) is 11.5 Å². The molecule has 2 aromatic rings. The summed E-state index contributed by atoms with van der Waals surface area (Å²) in [5.74, 6) is 0.567. The molecule has 0 radical (unpaired) electrons. The van der Waals surface area contributed by atoms with Crippen LogP contribution in [0.2, 0.25) is 0 Å². The molecule has 1 aromatic heterocycles. The first-order chi connectivity index (χ1) is 8.29. The molecule has 5 nitrogen and oxygen atoms in total. The lowest BCUT2D eigenvalue weighted by Crippen LogP contribution is -2.01. The molecular weight excluding hydrogens is 218 g/mol. The van der Waals surface area contributed by atoms with Crippen molar-refractivity contribution >= 4 is 5.69 Å². The van der Waals surface area contributed by atoms with Crippen molar-refractivity contribution < 1.29 is 9.84 Å². The molecule has 0 fully saturated rings. The summed E-state index contributed by atoms with van der Waals surface area (Å²) in [7, 11) is 1.52. The predicted molar refractivity (Wildman–Crippen MR) is 64.0 cm³/mol. The first-order valence-electron chi connectivity index (χ1n) is 5.15. The van der Waals surface area contributed by atoms with Gasteiger partial charge in [0.15, 0.2) is 11.5 Å². The maximum atomic E-state index is 9.60. The van der Waals surface area contributed by atoms with Gasteiger partial charge in [0.05, 0.1) is 19.3 Å². The Kier molecular flexibility index (Phi) is 3.40. The van der Waals surface area contributed by atoms with Gasteiger partial charge in [-0.1, -0.05) is 0 Å². The Labute approximate surface area is 99.1 Å². The van der Waals surface area contributed by atoms with E-state index in [-0.39, 0.29) is 5.75 Å². The number of benzene rings is 1. The molecule has 0 saturated heterocycles. The molecule has 0 bridgehead atoms. The zero-order valence-electron chi connectivity index (χ0n) is 9.42. The summed E-state index contributed by atoms with van der Waals surface area (Å²) in [5.41, 5.74) is 1.69. The number of methoxy groups -OCH3 is 1. The molecule has 0 saturated carbocycles. The number of aromatic nitrogens is 2. The van der Waals surface area contributed by atoms with E-state index in [0.717, 1.165) is 11.4 Å². The van der Waals surface area contributed by atoms with Crippen LogP contribution in [0.1, 0.15) is 5.69 Å². The monoisotopic (exact) mass is 231 g/mol. The molecule has 1 aromatic carbocycles. The van der Waals surface area contributed by atoms with E-state index in [4.69, 9.17) is 4.74 Å². The highest BCUT2D eigenvalue weighted by molar-refractivity contribution is 5.54. The van der Waals surface area contributed by atoms with Crippen molar-refractivity contribution in [2.75, 3.05) is 12.4 Å². The number of nitrogens with one attached hydrogen (secondary N) is 1. The van der Waals surface area contributed by atoms with E-state index in [1.165, 1.54) is 13.4 Å². The predicted octanol–water partition coefficient (Wildman–Crippen LogP) is 1.80. The fourth-order valence-electron chi connectivity index (χ4n) is 1.42. The van der Waals surface area contributed by atoms with Crippen LogP contribution < -0.4 is 10.1 Å². The summed E-state index contributed by atoms with van der Waals surface area (Å²) in [5, 5.41) is 12.7. The quantitative estimate of drug-likeness (QED) is 0.839. The van der Waals surface area contributed by atoms with Gasteiger partial charge >= 0.3 is 0 Å². The van der Waals surface area contributed by atoms with Gasteiger partial charge in [-0.15, -0.1) is 0 Å². The Bertz CT molecular complexity index is 488. The van der Waals surface area contributed by atoms with Gasteiger partial charge in [-0.25, -0.2) is 9.97 Å². The fraction of sp³-hybridized carbons (Fsp3) is 0.167. The molecule has 0 aliphatic rings. The second kappa shape index (κ2) is 5.16. The number of phenols is 1. The maximum Gasteiger partial charge on any atom is 0.160 e. The van der Waals surface area contributed by atoms with Crippen LogP contribution in [0.5, 0.6) is 11.5 Å². The number of rotatable bonds is 4. The highest BCUT2D eigenvalue weighted by Gasteiger charge is 2.02. The Hall–Kier alpha value is -2.30. The highest BCUT2D eigenvalue weighted by Crippen LogP contribution is 2.28. The average molecular weight is 231 g/mol. The van der Waals surface area contributed by atoms with Crippen LogP contribution in [0, 0.1) is 0 Å². The molecule has 0 amide bonds. The van der Waals surface area contributed by atoms with Gasteiger partial charge in [-0.3, -0.25) is 0 Å². The second-order valence-electron chi connectivity index (χ2n) is 3.44. The molecular formula is C12H13N3O2. The fourth-order valence-corrected chi connectivity index (χ4v) is 1.42. The van der Waals surface area contributed by atoms with Crippen LogP contribution in [0.15, 0.2) is 36.8 Å². The van der Waals surface area contributed by atoms with Crippen molar-refractivity contribution in [3.05, 3.63) is 42.5 Å². The number of nitrogens with zero attached hydrogens (tertiary/aromatic N) is 2. The van der Waals surface area contributed by atoms with E-state index in [1.807, 2.05) is 12.1 Å². The lowest BCUT2D eigenvalue weighted by atomic mass is 10.2. The number of phenolic OH excluding ortho intramolecular Hbond substituents is 1. The number of hydrogen-bond acceptors (Lipinski definition) is 5. The summed E-state index contributed by atoms with van der Waals surface area (Å²) in [6.07, 6.45) is 3.19. The van der Waals surface area contributed by atoms with E-state index in [9.17, 15) is 5.11 Å². The average Bonchev–Trinajstić information content (AvgIpc) is 2.38. The third-order valence-electron chi connectivity index (χ3n) is 2.30. The van der Waals surface area contributed by atoms with E-state index < -0.39 is 0 Å². The first-order valence-corrected chi connectivity index (χ1v) is 5.15. The van der Waals surface area contributed by atoms with Gasteiger partial charge in [0.2, 0.25) is 0 Å². The SMILES string of the molecule is COc1ccc(NCc2ccncn2)cc1O. The van der Waals surface area contributed by atoms with Gasteiger partial charge in [0, 0.05) is 18.0 Å². The Morgan fingerprint density at radius 3 is 2.88 bits per heavy atom. The van der Waals surface area contributed by atoms with Gasteiger partial charge < -0.3 is 15.2 Å². The molecule has 2 rings (SSSR count). The number of anilines is 1. The van der Waals surface area contributed by atoms with Crippen LogP contribution in [0.3, 0.4) is 0 Å². The zero-order valence-corrected chi connectivity index (χ0v) is 9.42. The number of hydrogen-bond donors (Lipinski definition) is 2. The Morgan fingerprint density at radius 2 is 2.24 bits per heavy atom. The van der Waals surface area contributed by atoms with E-state index >= 15 is 0 Å².